The van der Waals surface area contributed by atoms with Crippen molar-refractivity contribution in [3.05, 3.63) is 61.3 Å². The summed E-state index contributed by atoms with van der Waals surface area (Å²) < 4.78 is 0. The third kappa shape index (κ3) is 1.75. The summed E-state index contributed by atoms with van der Waals surface area (Å²) in [6, 6.07) is 12.1. The Balaban J connectivity index is 2.48. The molecule has 13 heavy (non-hydrogen) atoms. The first-order valence-corrected chi connectivity index (χ1v) is 4.19. The fourth-order valence-electron chi connectivity index (χ4n) is 1.28. The third-order valence-electron chi connectivity index (χ3n) is 1.92. The van der Waals surface area contributed by atoms with Gasteiger partial charge in [0.2, 0.25) is 0 Å². The van der Waals surface area contributed by atoms with E-state index in [-0.39, 0.29) is 0 Å². The molecule has 0 amide bonds. The average Bonchev–Trinajstić information content (AvgIpc) is 2.19. The monoisotopic (exact) mass is 168 g/mol. The first kappa shape index (κ1) is 7.99. The van der Waals surface area contributed by atoms with Crippen LogP contribution in [0.15, 0.2) is 48.8 Å². The summed E-state index contributed by atoms with van der Waals surface area (Å²) in [5.41, 5.74) is 3.33. The molecule has 63 valence electrons. The molecule has 0 aliphatic heterocycles. The topological polar surface area (TPSA) is 12.9 Å². The van der Waals surface area contributed by atoms with Crippen LogP contribution in [-0.4, -0.2) is 4.98 Å². The van der Waals surface area contributed by atoms with Crippen LogP contribution in [0.1, 0.15) is 5.56 Å². The Morgan fingerprint density at radius 3 is 2.54 bits per heavy atom. The van der Waals surface area contributed by atoms with Crippen LogP contribution in [0.5, 0.6) is 0 Å². The lowest BCUT2D eigenvalue weighted by molar-refractivity contribution is 1.33. The molecule has 0 bridgehead atoms. The van der Waals surface area contributed by atoms with Crippen molar-refractivity contribution in [3.8, 4) is 11.1 Å². The van der Waals surface area contributed by atoms with Gasteiger partial charge in [0.1, 0.15) is 0 Å². The number of hydrogen-bond acceptors (Lipinski definition) is 1. The van der Waals surface area contributed by atoms with Gasteiger partial charge in [-0.25, -0.2) is 0 Å². The molecule has 0 aliphatic carbocycles. The Morgan fingerprint density at radius 1 is 1.00 bits per heavy atom. The zero-order valence-electron chi connectivity index (χ0n) is 7.27. The van der Waals surface area contributed by atoms with Crippen LogP contribution in [0.2, 0.25) is 0 Å². The molecular formula is C12H10N. The van der Waals surface area contributed by atoms with Crippen LogP contribution in [0.4, 0.5) is 0 Å². The van der Waals surface area contributed by atoms with Gasteiger partial charge in [-0.2, -0.15) is 0 Å². The van der Waals surface area contributed by atoms with Crippen LogP contribution in [0, 0.1) is 6.92 Å². The second kappa shape index (κ2) is 3.40. The zero-order valence-corrected chi connectivity index (χ0v) is 7.27. The first-order valence-electron chi connectivity index (χ1n) is 4.19. The van der Waals surface area contributed by atoms with Crippen molar-refractivity contribution >= 4 is 0 Å². The number of aromatic nitrogens is 1. The summed E-state index contributed by atoms with van der Waals surface area (Å²) >= 11 is 0. The predicted octanol–water partition coefficient (Wildman–Crippen LogP) is 2.93. The Bertz CT molecular complexity index is 393. The lowest BCUT2D eigenvalue weighted by Gasteiger charge is -2.00. The summed E-state index contributed by atoms with van der Waals surface area (Å²) in [6.07, 6.45) is 3.63. The van der Waals surface area contributed by atoms with Crippen molar-refractivity contribution < 1.29 is 0 Å². The predicted molar refractivity (Wildman–Crippen MR) is 54.1 cm³/mol. The fraction of sp³-hybridized carbons (Fsp3) is 0. The van der Waals surface area contributed by atoms with Crippen LogP contribution < -0.4 is 0 Å². The minimum atomic E-state index is 1.03. The van der Waals surface area contributed by atoms with Gasteiger partial charge in [0.15, 0.2) is 0 Å². The molecule has 1 nitrogen and oxygen atoms in total. The molecule has 0 aliphatic rings. The molecule has 2 aromatic rings. The third-order valence-corrected chi connectivity index (χ3v) is 1.92. The Hall–Kier alpha value is -1.63. The van der Waals surface area contributed by atoms with Crippen LogP contribution in [-0.2, 0) is 0 Å². The smallest absolute Gasteiger partial charge is 0.0346 e. The molecule has 0 fully saturated rings. The van der Waals surface area contributed by atoms with Crippen molar-refractivity contribution in [2.45, 2.75) is 0 Å². The van der Waals surface area contributed by atoms with Gasteiger partial charge in [-0.15, -0.1) is 0 Å². The second-order valence-corrected chi connectivity index (χ2v) is 2.94. The van der Waals surface area contributed by atoms with E-state index in [2.05, 4.69) is 24.0 Å². The van der Waals surface area contributed by atoms with Gasteiger partial charge in [0, 0.05) is 12.4 Å². The van der Waals surface area contributed by atoms with Gasteiger partial charge in [0.25, 0.3) is 0 Å². The lowest BCUT2D eigenvalue weighted by Crippen LogP contribution is -1.79. The van der Waals surface area contributed by atoms with Gasteiger partial charge in [-0.1, -0.05) is 30.3 Å². The van der Waals surface area contributed by atoms with E-state index in [0.717, 1.165) is 11.1 Å². The average molecular weight is 168 g/mol. The highest BCUT2D eigenvalue weighted by atomic mass is 14.6. The van der Waals surface area contributed by atoms with Gasteiger partial charge in [-0.05, 0) is 29.7 Å². The largest absolute Gasteiger partial charge is 0.264 e. The maximum Gasteiger partial charge on any atom is 0.0346 e. The van der Waals surface area contributed by atoms with E-state index >= 15 is 0 Å². The number of hydrogen-bond donors (Lipinski definition) is 0. The van der Waals surface area contributed by atoms with Crippen LogP contribution in [0.3, 0.4) is 0 Å². The van der Waals surface area contributed by atoms with Crippen molar-refractivity contribution in [3.63, 3.8) is 0 Å². The lowest BCUT2D eigenvalue weighted by atomic mass is 10.1. The Morgan fingerprint density at radius 2 is 1.85 bits per heavy atom. The van der Waals surface area contributed by atoms with Crippen molar-refractivity contribution in [2.24, 2.45) is 0 Å². The quantitative estimate of drug-likeness (QED) is 0.638. The molecule has 0 atom stereocenters. The van der Waals surface area contributed by atoms with Crippen LogP contribution >= 0.6 is 0 Å². The summed E-state index contributed by atoms with van der Waals surface area (Å²) in [6.45, 7) is 3.89. The Labute approximate surface area is 78.1 Å². The SMILES string of the molecule is [CH2]c1cccc(-c2cccnc2)c1. The highest BCUT2D eigenvalue weighted by molar-refractivity contribution is 5.63. The minimum Gasteiger partial charge on any atom is -0.264 e. The molecule has 1 radical (unpaired) electrons. The number of nitrogens with zero attached hydrogens (tertiary/aromatic N) is 1. The summed E-state index contributed by atoms with van der Waals surface area (Å²) in [5.74, 6) is 0. The number of pyridine rings is 1. The van der Waals surface area contributed by atoms with Gasteiger partial charge < -0.3 is 0 Å². The van der Waals surface area contributed by atoms with E-state index in [4.69, 9.17) is 0 Å². The molecule has 0 saturated heterocycles. The molecule has 1 aromatic heterocycles. The molecule has 1 heterocycles. The molecule has 0 N–H and O–H groups in total. The summed E-state index contributed by atoms with van der Waals surface area (Å²) in [5, 5.41) is 0. The molecule has 1 aromatic carbocycles. The molecular weight excluding hydrogens is 158 g/mol. The highest BCUT2D eigenvalue weighted by Gasteiger charge is 1.95. The maximum atomic E-state index is 4.07. The summed E-state index contributed by atoms with van der Waals surface area (Å²) in [4.78, 5) is 4.07. The number of benzene rings is 1. The van der Waals surface area contributed by atoms with E-state index in [9.17, 15) is 0 Å². The zero-order chi connectivity index (χ0) is 9.10. The van der Waals surface area contributed by atoms with Crippen molar-refractivity contribution in [1.29, 1.82) is 0 Å². The van der Waals surface area contributed by atoms with E-state index in [1.807, 2.05) is 30.5 Å². The molecule has 0 spiro atoms. The molecule has 1 heteroatoms. The van der Waals surface area contributed by atoms with E-state index < -0.39 is 0 Å². The van der Waals surface area contributed by atoms with E-state index in [1.54, 1.807) is 6.20 Å². The first-order chi connectivity index (χ1) is 6.36. The van der Waals surface area contributed by atoms with Crippen LogP contribution in [0.25, 0.3) is 11.1 Å². The van der Waals surface area contributed by atoms with Gasteiger partial charge >= 0.3 is 0 Å². The van der Waals surface area contributed by atoms with Gasteiger partial charge in [0.05, 0.1) is 0 Å². The molecule has 0 saturated carbocycles. The number of rotatable bonds is 1. The normalized spacial score (nSPS) is 9.92. The van der Waals surface area contributed by atoms with E-state index in [0.29, 0.717) is 0 Å². The van der Waals surface area contributed by atoms with Gasteiger partial charge in [-0.3, -0.25) is 4.98 Å². The Kier molecular flexibility index (Phi) is 2.09. The van der Waals surface area contributed by atoms with Crippen molar-refractivity contribution in [1.82, 2.24) is 4.98 Å². The minimum absolute atomic E-state index is 1.03. The summed E-state index contributed by atoms with van der Waals surface area (Å²) in [7, 11) is 0. The van der Waals surface area contributed by atoms with Crippen molar-refractivity contribution in [2.75, 3.05) is 0 Å². The highest BCUT2D eigenvalue weighted by Crippen LogP contribution is 2.18. The fourth-order valence-corrected chi connectivity index (χ4v) is 1.28. The molecule has 2 rings (SSSR count). The maximum absolute atomic E-state index is 4.07. The molecule has 0 unspecified atom stereocenters. The standard InChI is InChI=1S/C12H10N/c1-10-4-2-5-11(8-10)12-6-3-7-13-9-12/h2-9H,1H2. The van der Waals surface area contributed by atoms with E-state index in [1.165, 1.54) is 5.56 Å². The second-order valence-electron chi connectivity index (χ2n) is 2.94.